The van der Waals surface area contributed by atoms with E-state index < -0.39 is 23.5 Å². The van der Waals surface area contributed by atoms with E-state index >= 15 is 0 Å². The molecule has 0 aliphatic heterocycles. The van der Waals surface area contributed by atoms with E-state index in [1.54, 1.807) is 12.1 Å². The van der Waals surface area contributed by atoms with Crippen molar-refractivity contribution in [2.24, 2.45) is 0 Å². The van der Waals surface area contributed by atoms with Gasteiger partial charge in [0.2, 0.25) is 0 Å². The summed E-state index contributed by atoms with van der Waals surface area (Å²) in [6.45, 7) is 15.0. The maximum Gasteiger partial charge on any atom is 0.416 e. The lowest BCUT2D eigenvalue weighted by molar-refractivity contribution is -0.138. The predicted octanol–water partition coefficient (Wildman–Crippen LogP) is 30.0. The van der Waals surface area contributed by atoms with E-state index in [0.717, 1.165) is 184 Å². The number of hydrogen-bond donors (Lipinski definition) is 0. The molecule has 0 aliphatic rings. The normalized spacial score (nSPS) is 11.9. The number of halogens is 6. The van der Waals surface area contributed by atoms with Crippen LogP contribution in [0.3, 0.4) is 0 Å². The number of alkyl halides is 6. The van der Waals surface area contributed by atoms with E-state index in [4.69, 9.17) is 29.9 Å². The number of aryl methyl sites for hydroxylation is 7. The van der Waals surface area contributed by atoms with Crippen LogP contribution in [0.5, 0.6) is 0 Å². The number of nitrogens with zero attached hydrogens (tertiary/aromatic N) is 8. The highest BCUT2D eigenvalue weighted by Crippen LogP contribution is 2.47. The molecule has 126 heavy (non-hydrogen) atoms. The Hall–Kier alpha value is -15.3. The molecule has 0 spiro atoms. The van der Waals surface area contributed by atoms with Crippen LogP contribution in [-0.4, -0.2) is 39.0 Å². The average molecular weight is 1650 g/mol. The maximum atomic E-state index is 14.8. The van der Waals surface area contributed by atoms with Crippen molar-refractivity contribution in [2.45, 2.75) is 67.2 Å². The molecule has 610 valence electrons. The van der Waals surface area contributed by atoms with Crippen molar-refractivity contribution in [3.63, 3.8) is 0 Å². The van der Waals surface area contributed by atoms with Gasteiger partial charge in [0.15, 0.2) is 34.9 Å². The zero-order valence-corrected chi connectivity index (χ0v) is 70.0. The quantitative estimate of drug-likeness (QED) is 0.0896. The molecule has 0 atom stereocenters. The summed E-state index contributed by atoms with van der Waals surface area (Å²) < 4.78 is 93.4. The average Bonchev–Trinajstić information content (AvgIpc) is 1.57. The summed E-state index contributed by atoms with van der Waals surface area (Å²) in [4.78, 5) is 30.9. The molecular weight excluding hydrogens is 1570 g/mol. The van der Waals surface area contributed by atoms with E-state index in [2.05, 4.69) is 197 Å². The van der Waals surface area contributed by atoms with Gasteiger partial charge in [-0.05, 0) is 229 Å². The molecule has 0 bridgehead atoms. The minimum absolute atomic E-state index is 0.286. The monoisotopic (exact) mass is 1650 g/mol. The first kappa shape index (κ1) is 79.2. The minimum Gasteiger partial charge on any atom is -0.309 e. The van der Waals surface area contributed by atoms with Gasteiger partial charge in [-0.2, -0.15) is 26.3 Å². The Bertz CT molecular complexity index is 7590. The second-order valence-electron chi connectivity index (χ2n) is 33.0. The van der Waals surface area contributed by atoms with Crippen LogP contribution in [-0.2, 0) is 18.8 Å². The summed E-state index contributed by atoms with van der Waals surface area (Å²) in [5.41, 5.74) is 27.8. The third kappa shape index (κ3) is 15.2. The second-order valence-corrected chi connectivity index (χ2v) is 33.0. The van der Waals surface area contributed by atoms with Crippen LogP contribution >= 0.6 is 0 Å². The van der Waals surface area contributed by atoms with Crippen molar-refractivity contribution in [1.82, 2.24) is 39.0 Å². The fourth-order valence-corrected chi connectivity index (χ4v) is 18.3. The molecular formula is C112H80F6N8. The molecule has 4 aromatic heterocycles. The molecule has 0 aliphatic carbocycles. The third-order valence-electron chi connectivity index (χ3n) is 23.9. The highest BCUT2D eigenvalue weighted by atomic mass is 19.4. The van der Waals surface area contributed by atoms with Gasteiger partial charge in [0.25, 0.3) is 0 Å². The Morgan fingerprint density at radius 3 is 1.07 bits per heavy atom. The van der Waals surface area contributed by atoms with Crippen LogP contribution in [0.15, 0.2) is 346 Å². The molecule has 0 saturated heterocycles. The molecule has 8 nitrogen and oxygen atoms in total. The summed E-state index contributed by atoms with van der Waals surface area (Å²) in [5.74, 6) is 2.21. The number of rotatable bonds is 16. The van der Waals surface area contributed by atoms with Gasteiger partial charge in [0.05, 0.1) is 33.2 Å². The van der Waals surface area contributed by atoms with Crippen LogP contribution in [0, 0.1) is 48.5 Å². The lowest BCUT2D eigenvalue weighted by Gasteiger charge is -2.17. The van der Waals surface area contributed by atoms with Gasteiger partial charge in [-0.3, -0.25) is 0 Å². The first-order valence-corrected chi connectivity index (χ1v) is 41.9. The molecule has 0 saturated carbocycles. The van der Waals surface area contributed by atoms with Gasteiger partial charge in [0, 0.05) is 66.3 Å². The Kier molecular flexibility index (Phi) is 20.0. The summed E-state index contributed by atoms with van der Waals surface area (Å²) >= 11 is 0. The first-order chi connectivity index (χ1) is 61.0. The third-order valence-corrected chi connectivity index (χ3v) is 23.9. The summed E-state index contributed by atoms with van der Waals surface area (Å²) in [6, 6.07) is 112. The summed E-state index contributed by atoms with van der Waals surface area (Å²) in [6.07, 6.45) is -8.64. The van der Waals surface area contributed by atoms with Gasteiger partial charge in [0.1, 0.15) is 0 Å². The van der Waals surface area contributed by atoms with E-state index in [1.165, 1.54) is 24.3 Å². The lowest BCUT2D eigenvalue weighted by atomic mass is 9.88. The van der Waals surface area contributed by atoms with Crippen molar-refractivity contribution >= 4 is 43.6 Å². The fraction of sp³-hybridized carbons (Fsp3) is 0.0893. The zero-order chi connectivity index (χ0) is 86.4. The number of benzene rings is 16. The van der Waals surface area contributed by atoms with Gasteiger partial charge >= 0.3 is 12.4 Å². The number of hydrogen-bond acceptors (Lipinski definition) is 6. The van der Waals surface area contributed by atoms with E-state index in [-0.39, 0.29) is 11.6 Å². The Morgan fingerprint density at radius 1 is 0.230 bits per heavy atom. The van der Waals surface area contributed by atoms with Crippen LogP contribution in [0.2, 0.25) is 0 Å². The van der Waals surface area contributed by atoms with Crippen molar-refractivity contribution in [3.8, 4) is 146 Å². The van der Waals surface area contributed by atoms with E-state index in [9.17, 15) is 26.3 Å². The zero-order valence-electron chi connectivity index (χ0n) is 70.0. The number of aromatic nitrogens is 8. The summed E-state index contributed by atoms with van der Waals surface area (Å²) in [5, 5.41) is 4.01. The van der Waals surface area contributed by atoms with Crippen LogP contribution < -0.4 is 0 Å². The Morgan fingerprint density at radius 2 is 0.611 bits per heavy atom. The van der Waals surface area contributed by atoms with Crippen molar-refractivity contribution in [3.05, 3.63) is 407 Å². The molecule has 16 aromatic carbocycles. The molecule has 20 rings (SSSR count). The second kappa shape index (κ2) is 31.9. The summed E-state index contributed by atoms with van der Waals surface area (Å²) in [7, 11) is 0. The molecule has 4 heterocycles. The highest BCUT2D eigenvalue weighted by Gasteiger charge is 2.33. The first-order valence-electron chi connectivity index (χ1n) is 41.9. The van der Waals surface area contributed by atoms with Gasteiger partial charge in [-0.15, -0.1) is 0 Å². The smallest absolute Gasteiger partial charge is 0.309 e. The minimum atomic E-state index is -4.61. The molecule has 14 heteroatoms. The predicted molar refractivity (Wildman–Crippen MR) is 500 cm³/mol. The van der Waals surface area contributed by atoms with Crippen molar-refractivity contribution in [2.75, 3.05) is 0 Å². The molecule has 20 aromatic rings. The molecule has 0 N–H and O–H groups in total. The topological polar surface area (TPSA) is 87.2 Å². The Labute approximate surface area is 725 Å². The van der Waals surface area contributed by atoms with E-state index in [1.807, 2.05) is 158 Å². The molecule has 0 radical (unpaired) electrons. The molecule has 0 unspecified atom stereocenters. The standard InChI is InChI=1S/C112H80F6N8/c1-66-34-41-91(71(6)49-66)82-37-46-100-96(60-82)97-61-83(38-47-101(97)125(100)89-39-44-92(80-30-20-32-87(58-80)111(113,114)115)98(64-89)109-121-105(74-22-12-8-13-23-74)119-106(122-109)75-24-14-9-15-25-75)104-72(7)50-69(4)55-86(104)57-73-51-70(5)54-85(56-73)79-36-43-95-94-42-35-78(84-52-67(2)48-68(3)53-84)62-102(94)126(103(95)63-79)90-40-45-93(81-31-21-33-88(59-81)112(116,117)118)99(65-90)110-123-107(76-26-16-10-17-27-76)120-108(124-110)77-28-18-11-19-29-77/h8-56,58-65H,57H2,1-7H3. The van der Waals surface area contributed by atoms with Gasteiger partial charge in [-0.25, -0.2) is 29.9 Å². The van der Waals surface area contributed by atoms with Crippen LogP contribution in [0.4, 0.5) is 26.3 Å². The van der Waals surface area contributed by atoms with Crippen LogP contribution in [0.1, 0.15) is 61.2 Å². The molecule has 0 amide bonds. The molecule has 0 fully saturated rings. The SMILES string of the molecule is Cc1cc(C)cc(-c2ccc3c4ccc(-c5cc(C)cc(Cc6cc(C)cc(C)c6-c6ccc7c(c6)c6cc(-c8ccc(C)cc8C)ccc6n7-c6ccc(-c7cccc(C(F)(F)F)c7)c(-c7nc(-c8ccccc8)nc(-c8ccccc8)n7)c6)c5)cc4n(-c4ccc(-c5cccc(C(F)(F)F)c5)c(-c5nc(-c6ccccc6)nc(-c6ccccc6)n5)c4)c3c2)c1. The largest absolute Gasteiger partial charge is 0.416 e. The highest BCUT2D eigenvalue weighted by molar-refractivity contribution is 6.13. The fourth-order valence-electron chi connectivity index (χ4n) is 18.3. The van der Waals surface area contributed by atoms with Crippen molar-refractivity contribution < 1.29 is 26.3 Å². The van der Waals surface area contributed by atoms with Gasteiger partial charge < -0.3 is 9.13 Å². The van der Waals surface area contributed by atoms with E-state index in [0.29, 0.717) is 63.1 Å². The Balaban J connectivity index is 0.738. The number of fused-ring (bicyclic) bond motifs is 6. The lowest BCUT2D eigenvalue weighted by Crippen LogP contribution is -2.05. The van der Waals surface area contributed by atoms with Crippen LogP contribution in [0.25, 0.3) is 190 Å². The van der Waals surface area contributed by atoms with Crippen molar-refractivity contribution in [1.29, 1.82) is 0 Å². The van der Waals surface area contributed by atoms with Gasteiger partial charge in [-0.1, -0.05) is 289 Å². The maximum absolute atomic E-state index is 14.8.